The van der Waals surface area contributed by atoms with Crippen LogP contribution in [0.1, 0.15) is 67.5 Å². The summed E-state index contributed by atoms with van der Waals surface area (Å²) in [6.07, 6.45) is 10.9. The smallest absolute Gasteiger partial charge is 0.146 e. The van der Waals surface area contributed by atoms with Crippen molar-refractivity contribution in [3.63, 3.8) is 0 Å². The number of phenolic OH excluding ortho intramolecular Hbond substituents is 1. The summed E-state index contributed by atoms with van der Waals surface area (Å²) in [4.78, 5) is 9.45. The van der Waals surface area contributed by atoms with E-state index in [0.717, 1.165) is 54.5 Å². The molecule has 38 heavy (non-hydrogen) atoms. The van der Waals surface area contributed by atoms with Crippen molar-refractivity contribution in [2.75, 3.05) is 18.4 Å². The van der Waals surface area contributed by atoms with E-state index in [-0.39, 0.29) is 24.8 Å². The number of phenols is 1. The zero-order chi connectivity index (χ0) is 24.7. The van der Waals surface area contributed by atoms with Gasteiger partial charge in [-0.2, -0.15) is 0 Å². The van der Waals surface area contributed by atoms with Crippen LogP contribution >= 0.6 is 24.8 Å². The highest BCUT2D eigenvalue weighted by atomic mass is 35.5. The molecule has 5 rings (SSSR count). The fourth-order valence-corrected chi connectivity index (χ4v) is 5.37. The monoisotopic (exact) mass is 554 g/mol. The number of rotatable bonds is 11. The topological polar surface area (TPSA) is 70.1 Å². The van der Waals surface area contributed by atoms with Gasteiger partial charge < -0.3 is 15.7 Å². The van der Waals surface area contributed by atoms with Gasteiger partial charge in [-0.25, -0.2) is 4.98 Å². The lowest BCUT2D eigenvalue weighted by Gasteiger charge is -2.21. The molecule has 3 N–H and O–H groups in total. The predicted molar refractivity (Wildman–Crippen MR) is 164 cm³/mol. The van der Waals surface area contributed by atoms with E-state index in [0.29, 0.717) is 17.8 Å². The van der Waals surface area contributed by atoms with Crippen LogP contribution in [-0.4, -0.2) is 28.2 Å². The van der Waals surface area contributed by atoms with Crippen LogP contribution in [0, 0.1) is 6.92 Å². The number of nitrogens with one attached hydrogen (secondary N) is 2. The molecule has 5 nitrogen and oxygen atoms in total. The van der Waals surface area contributed by atoms with E-state index < -0.39 is 0 Å². The summed E-state index contributed by atoms with van der Waals surface area (Å²) in [6, 6.07) is 16.6. The molecule has 2 heterocycles. The van der Waals surface area contributed by atoms with Gasteiger partial charge in [-0.1, -0.05) is 55.7 Å². The van der Waals surface area contributed by atoms with Crippen LogP contribution in [0.25, 0.3) is 21.8 Å². The molecule has 1 aliphatic rings. The summed E-state index contributed by atoms with van der Waals surface area (Å²) in [5.74, 6) is 0.305. The fourth-order valence-electron chi connectivity index (χ4n) is 5.37. The second-order valence-electron chi connectivity index (χ2n) is 10.1. The van der Waals surface area contributed by atoms with E-state index in [1.807, 2.05) is 31.2 Å². The summed E-state index contributed by atoms with van der Waals surface area (Å²) in [6.45, 7) is 4.61. The first-order valence-electron chi connectivity index (χ1n) is 13.6. The van der Waals surface area contributed by atoms with Gasteiger partial charge in [0.05, 0.1) is 5.52 Å². The lowest BCUT2D eigenvalue weighted by molar-refractivity contribution is 0.468. The van der Waals surface area contributed by atoms with Crippen molar-refractivity contribution >= 4 is 52.3 Å². The fraction of sp³-hybridized carbons (Fsp3) is 0.419. The second-order valence-corrected chi connectivity index (χ2v) is 10.1. The van der Waals surface area contributed by atoms with Gasteiger partial charge in [-0.15, -0.1) is 24.8 Å². The Hall–Kier alpha value is -2.60. The number of pyridine rings is 2. The normalized spacial score (nSPS) is 12.6. The number of aryl methyl sites for hydroxylation is 2. The maximum atomic E-state index is 10.6. The maximum Gasteiger partial charge on any atom is 0.146 e. The maximum absolute atomic E-state index is 10.6. The minimum absolute atomic E-state index is 0. The van der Waals surface area contributed by atoms with Crippen molar-refractivity contribution in [1.82, 2.24) is 15.3 Å². The molecular weight excluding hydrogens is 515 g/mol. The lowest BCUT2D eigenvalue weighted by Crippen LogP contribution is -2.15. The molecule has 0 spiro atoms. The molecule has 2 aromatic carbocycles. The minimum Gasteiger partial charge on any atom is -0.505 e. The number of benzene rings is 2. The van der Waals surface area contributed by atoms with Gasteiger partial charge in [0.15, 0.2) is 0 Å². The number of hydrogen-bond donors (Lipinski definition) is 3. The number of aromatic nitrogens is 2. The van der Waals surface area contributed by atoms with E-state index >= 15 is 0 Å². The minimum atomic E-state index is 0. The molecule has 7 heteroatoms. The molecule has 1 aliphatic carbocycles. The van der Waals surface area contributed by atoms with Crippen molar-refractivity contribution < 1.29 is 5.11 Å². The SMILES string of the molecule is Cc1ccc2ccc(CNCCCCCCCNc3c4c(nc5ccccc35)CCCC4)c(O)c2n1.Cl.Cl. The quantitative estimate of drug-likeness (QED) is 0.166. The van der Waals surface area contributed by atoms with E-state index in [2.05, 4.69) is 39.9 Å². The number of nitrogens with zero attached hydrogens (tertiary/aromatic N) is 2. The average molecular weight is 556 g/mol. The molecule has 0 saturated carbocycles. The Balaban J connectivity index is 0.00000200. The molecule has 0 unspecified atom stereocenters. The second kappa shape index (κ2) is 14.5. The molecule has 204 valence electrons. The van der Waals surface area contributed by atoms with Crippen molar-refractivity contribution in [3.05, 3.63) is 71.0 Å². The van der Waals surface area contributed by atoms with Crippen LogP contribution in [-0.2, 0) is 19.4 Å². The first kappa shape index (κ1) is 29.9. The van der Waals surface area contributed by atoms with Crippen LogP contribution in [0.3, 0.4) is 0 Å². The third-order valence-electron chi connectivity index (χ3n) is 7.38. The zero-order valence-electron chi connectivity index (χ0n) is 22.3. The summed E-state index contributed by atoms with van der Waals surface area (Å²) in [5.41, 5.74) is 7.75. The van der Waals surface area contributed by atoms with Crippen molar-refractivity contribution in [1.29, 1.82) is 0 Å². The van der Waals surface area contributed by atoms with E-state index in [1.165, 1.54) is 60.9 Å². The van der Waals surface area contributed by atoms with Gasteiger partial charge >= 0.3 is 0 Å². The molecule has 2 aromatic heterocycles. The highest BCUT2D eigenvalue weighted by molar-refractivity contribution is 5.93. The van der Waals surface area contributed by atoms with Crippen LogP contribution in [0.15, 0.2) is 48.5 Å². The van der Waals surface area contributed by atoms with Crippen molar-refractivity contribution in [3.8, 4) is 5.75 Å². The molecule has 0 bridgehead atoms. The standard InChI is InChI=1S/C31H38N4O.2ClH/c1-22-15-16-23-17-18-24(31(36)29(23)34-22)21-32-19-9-3-2-4-10-20-33-30-25-11-5-7-13-27(25)35-28-14-8-6-12-26(28)30;;/h5,7,11,13,15-18,32,36H,2-4,6,8-10,12,14,19-21H2,1H3,(H,33,35);2*1H. The Bertz CT molecular complexity index is 1340. The molecule has 0 radical (unpaired) electrons. The summed E-state index contributed by atoms with van der Waals surface area (Å²) in [7, 11) is 0. The molecule has 0 aliphatic heterocycles. The van der Waals surface area contributed by atoms with Crippen LogP contribution in [0.2, 0.25) is 0 Å². The van der Waals surface area contributed by atoms with E-state index in [9.17, 15) is 5.11 Å². The number of aromatic hydroxyl groups is 1. The van der Waals surface area contributed by atoms with Gasteiger partial charge in [-0.3, -0.25) is 4.98 Å². The number of unbranched alkanes of at least 4 members (excludes halogenated alkanes) is 4. The largest absolute Gasteiger partial charge is 0.505 e. The van der Waals surface area contributed by atoms with Crippen LogP contribution < -0.4 is 10.6 Å². The molecular formula is C31H40Cl2N4O. The Morgan fingerprint density at radius 2 is 1.55 bits per heavy atom. The van der Waals surface area contributed by atoms with E-state index in [4.69, 9.17) is 4.98 Å². The Labute approximate surface area is 238 Å². The van der Waals surface area contributed by atoms with E-state index in [1.54, 1.807) is 0 Å². The average Bonchev–Trinajstić information content (AvgIpc) is 2.90. The Kier molecular flexibility index (Phi) is 11.4. The van der Waals surface area contributed by atoms with Gasteiger partial charge in [0.2, 0.25) is 0 Å². The molecule has 0 saturated heterocycles. The third kappa shape index (κ3) is 7.07. The number of para-hydroxylation sites is 1. The molecule has 0 amide bonds. The highest BCUT2D eigenvalue weighted by Gasteiger charge is 2.17. The third-order valence-corrected chi connectivity index (χ3v) is 7.38. The summed E-state index contributed by atoms with van der Waals surface area (Å²) >= 11 is 0. The number of hydrogen-bond acceptors (Lipinski definition) is 5. The zero-order valence-corrected chi connectivity index (χ0v) is 23.9. The van der Waals surface area contributed by atoms with Gasteiger partial charge in [0, 0.05) is 46.5 Å². The lowest BCUT2D eigenvalue weighted by atomic mass is 9.92. The van der Waals surface area contributed by atoms with Gasteiger partial charge in [0.25, 0.3) is 0 Å². The Morgan fingerprint density at radius 3 is 2.42 bits per heavy atom. The molecule has 4 aromatic rings. The predicted octanol–water partition coefficient (Wildman–Crippen LogP) is 7.67. The molecule has 0 atom stereocenters. The van der Waals surface area contributed by atoms with Crippen LogP contribution in [0.4, 0.5) is 5.69 Å². The number of anilines is 1. The van der Waals surface area contributed by atoms with Crippen LogP contribution in [0.5, 0.6) is 5.75 Å². The summed E-state index contributed by atoms with van der Waals surface area (Å²) < 4.78 is 0. The van der Waals surface area contributed by atoms with Crippen molar-refractivity contribution in [2.24, 2.45) is 0 Å². The number of halogens is 2. The molecule has 0 fully saturated rings. The van der Waals surface area contributed by atoms with Gasteiger partial charge in [-0.05, 0) is 69.7 Å². The van der Waals surface area contributed by atoms with Crippen molar-refractivity contribution in [2.45, 2.75) is 71.3 Å². The van der Waals surface area contributed by atoms with Gasteiger partial charge in [0.1, 0.15) is 11.3 Å². The number of fused-ring (bicyclic) bond motifs is 3. The Morgan fingerprint density at radius 1 is 0.816 bits per heavy atom. The first-order chi connectivity index (χ1) is 17.7. The summed E-state index contributed by atoms with van der Waals surface area (Å²) in [5, 5.41) is 20.1. The first-order valence-corrected chi connectivity index (χ1v) is 13.6. The highest BCUT2D eigenvalue weighted by Crippen LogP contribution is 2.33.